The van der Waals surface area contributed by atoms with Gasteiger partial charge in [-0.1, -0.05) is 12.1 Å². The number of benzene rings is 1. The number of amides is 1. The molecule has 2 rings (SSSR count). The summed E-state index contributed by atoms with van der Waals surface area (Å²) in [7, 11) is 1.58. The Balaban J connectivity index is 2.29. The van der Waals surface area contributed by atoms with E-state index in [0.29, 0.717) is 5.75 Å². The lowest BCUT2D eigenvalue weighted by atomic mass is 10.2. The molecule has 1 heterocycles. The number of ether oxygens (including phenoxy) is 1. The summed E-state index contributed by atoms with van der Waals surface area (Å²) in [5.41, 5.74) is 6.20. The molecule has 0 aliphatic rings. The van der Waals surface area contributed by atoms with Crippen LogP contribution in [0.3, 0.4) is 0 Å². The van der Waals surface area contributed by atoms with Gasteiger partial charge >= 0.3 is 0 Å². The lowest BCUT2D eigenvalue weighted by molar-refractivity contribution is -0.118. The second-order valence-corrected chi connectivity index (χ2v) is 5.71. The largest absolute Gasteiger partial charge is 0.495 e. The first-order valence-corrected chi connectivity index (χ1v) is 7.22. The highest BCUT2D eigenvalue weighted by molar-refractivity contribution is 9.10. The number of anilines is 1. The van der Waals surface area contributed by atoms with Gasteiger partial charge in [0.1, 0.15) is 11.8 Å². The molecule has 2 aromatic rings. The van der Waals surface area contributed by atoms with Crippen molar-refractivity contribution in [3.8, 4) is 5.75 Å². The fourth-order valence-corrected chi connectivity index (χ4v) is 3.18. The maximum Gasteiger partial charge on any atom is 0.245 e. The van der Waals surface area contributed by atoms with E-state index in [2.05, 4.69) is 21.2 Å². The van der Waals surface area contributed by atoms with Crippen LogP contribution in [0.25, 0.3) is 0 Å². The van der Waals surface area contributed by atoms with Gasteiger partial charge in [0.25, 0.3) is 0 Å². The molecule has 1 aromatic heterocycles. The minimum absolute atomic E-state index is 0.430. The molecule has 0 aliphatic heterocycles. The fourth-order valence-electron chi connectivity index (χ4n) is 1.68. The zero-order valence-corrected chi connectivity index (χ0v) is 12.6. The summed E-state index contributed by atoms with van der Waals surface area (Å²) in [6.07, 6.45) is 0. The standard InChI is InChI=1S/C13H13BrN2O2S/c1-18-10-5-3-2-4-9(10)16-12(13(15)17)11-6-8(14)7-19-11/h2-7,12,16H,1H3,(H2,15,17). The van der Waals surface area contributed by atoms with Crippen LogP contribution in [0.15, 0.2) is 40.2 Å². The molecule has 0 saturated carbocycles. The Morgan fingerprint density at radius 3 is 2.79 bits per heavy atom. The Morgan fingerprint density at radius 1 is 1.47 bits per heavy atom. The van der Waals surface area contributed by atoms with Crippen molar-refractivity contribution < 1.29 is 9.53 Å². The maximum atomic E-state index is 11.6. The topological polar surface area (TPSA) is 64.3 Å². The number of hydrogen-bond donors (Lipinski definition) is 2. The number of carbonyl (C=O) groups is 1. The fraction of sp³-hybridized carbons (Fsp3) is 0.154. The molecule has 3 N–H and O–H groups in total. The Hall–Kier alpha value is -1.53. The molecule has 19 heavy (non-hydrogen) atoms. The van der Waals surface area contributed by atoms with Crippen molar-refractivity contribution in [1.29, 1.82) is 0 Å². The van der Waals surface area contributed by atoms with E-state index in [9.17, 15) is 4.79 Å². The first-order chi connectivity index (χ1) is 9.11. The van der Waals surface area contributed by atoms with Crippen molar-refractivity contribution >= 4 is 38.9 Å². The normalized spacial score (nSPS) is 11.9. The molecule has 0 radical (unpaired) electrons. The summed E-state index contributed by atoms with van der Waals surface area (Å²) in [5, 5.41) is 5.03. The molecule has 0 bridgehead atoms. The van der Waals surface area contributed by atoms with Crippen LogP contribution in [0.1, 0.15) is 10.9 Å². The van der Waals surface area contributed by atoms with Gasteiger partial charge in [-0.2, -0.15) is 0 Å². The van der Waals surface area contributed by atoms with E-state index < -0.39 is 11.9 Å². The van der Waals surface area contributed by atoms with Gasteiger partial charge in [0.05, 0.1) is 12.8 Å². The highest BCUT2D eigenvalue weighted by Crippen LogP contribution is 2.31. The smallest absolute Gasteiger partial charge is 0.245 e. The number of hydrogen-bond acceptors (Lipinski definition) is 4. The lowest BCUT2D eigenvalue weighted by Gasteiger charge is -2.17. The van der Waals surface area contributed by atoms with E-state index in [4.69, 9.17) is 10.5 Å². The minimum Gasteiger partial charge on any atom is -0.495 e. The lowest BCUT2D eigenvalue weighted by Crippen LogP contribution is -2.27. The van der Waals surface area contributed by atoms with E-state index in [1.54, 1.807) is 7.11 Å². The van der Waals surface area contributed by atoms with Crippen LogP contribution < -0.4 is 15.8 Å². The monoisotopic (exact) mass is 340 g/mol. The van der Waals surface area contributed by atoms with Crippen LogP contribution in [0, 0.1) is 0 Å². The molecule has 1 atom stereocenters. The van der Waals surface area contributed by atoms with Gasteiger partial charge in [0, 0.05) is 14.7 Å². The summed E-state index contributed by atoms with van der Waals surface area (Å²) in [4.78, 5) is 12.5. The average molecular weight is 341 g/mol. The molecule has 1 amide bonds. The van der Waals surface area contributed by atoms with Crippen molar-refractivity contribution in [3.05, 3.63) is 45.1 Å². The molecule has 0 fully saturated rings. The number of thiophene rings is 1. The summed E-state index contributed by atoms with van der Waals surface area (Å²) in [6.45, 7) is 0. The van der Waals surface area contributed by atoms with Gasteiger partial charge in [-0.15, -0.1) is 11.3 Å². The second kappa shape index (κ2) is 6.08. The highest BCUT2D eigenvalue weighted by Gasteiger charge is 2.20. The molecule has 6 heteroatoms. The van der Waals surface area contributed by atoms with E-state index in [-0.39, 0.29) is 0 Å². The minimum atomic E-state index is -0.576. The third kappa shape index (κ3) is 3.27. The Kier molecular flexibility index (Phi) is 4.44. The number of methoxy groups -OCH3 is 1. The maximum absolute atomic E-state index is 11.6. The summed E-state index contributed by atoms with van der Waals surface area (Å²) < 4.78 is 6.18. The average Bonchev–Trinajstić information content (AvgIpc) is 2.82. The van der Waals surface area contributed by atoms with Crippen LogP contribution in [0.4, 0.5) is 5.69 Å². The summed E-state index contributed by atoms with van der Waals surface area (Å²) in [5.74, 6) is 0.240. The summed E-state index contributed by atoms with van der Waals surface area (Å²) >= 11 is 4.84. The van der Waals surface area contributed by atoms with Gasteiger partial charge in [-0.3, -0.25) is 4.79 Å². The van der Waals surface area contributed by atoms with Crippen molar-refractivity contribution in [2.75, 3.05) is 12.4 Å². The third-order valence-electron chi connectivity index (χ3n) is 2.56. The number of nitrogens with one attached hydrogen (secondary N) is 1. The summed E-state index contributed by atoms with van der Waals surface area (Å²) in [6, 6.07) is 8.70. The molecular weight excluding hydrogens is 328 g/mol. The highest BCUT2D eigenvalue weighted by atomic mass is 79.9. The van der Waals surface area contributed by atoms with Gasteiger partial charge in [0.2, 0.25) is 5.91 Å². The number of nitrogens with two attached hydrogens (primary N) is 1. The first kappa shape index (κ1) is 13.9. The van der Waals surface area contributed by atoms with E-state index in [1.807, 2.05) is 35.7 Å². The SMILES string of the molecule is COc1ccccc1NC(C(N)=O)c1cc(Br)cs1. The number of primary amides is 1. The zero-order chi connectivity index (χ0) is 13.8. The third-order valence-corrected chi connectivity index (χ3v) is 4.32. The quantitative estimate of drug-likeness (QED) is 0.878. The Labute approximate surface area is 123 Å². The predicted octanol–water partition coefficient (Wildman–Crippen LogP) is 3.16. The van der Waals surface area contributed by atoms with Gasteiger partial charge in [-0.05, 0) is 34.1 Å². The van der Waals surface area contributed by atoms with Crippen molar-refractivity contribution in [2.45, 2.75) is 6.04 Å². The van der Waals surface area contributed by atoms with Crippen molar-refractivity contribution in [3.63, 3.8) is 0 Å². The number of carbonyl (C=O) groups excluding carboxylic acids is 1. The molecule has 1 unspecified atom stereocenters. The Bertz CT molecular complexity index is 586. The van der Waals surface area contributed by atoms with Crippen molar-refractivity contribution in [1.82, 2.24) is 0 Å². The predicted molar refractivity (Wildman–Crippen MR) is 80.6 cm³/mol. The second-order valence-electron chi connectivity index (χ2n) is 3.85. The molecular formula is C13H13BrN2O2S. The zero-order valence-electron chi connectivity index (χ0n) is 10.2. The van der Waals surface area contributed by atoms with Gasteiger partial charge < -0.3 is 15.8 Å². The van der Waals surface area contributed by atoms with Crippen LogP contribution in [0.5, 0.6) is 5.75 Å². The van der Waals surface area contributed by atoms with Crippen LogP contribution >= 0.6 is 27.3 Å². The van der Waals surface area contributed by atoms with Crippen LogP contribution in [0.2, 0.25) is 0 Å². The molecule has 0 aliphatic carbocycles. The van der Waals surface area contributed by atoms with Crippen molar-refractivity contribution in [2.24, 2.45) is 5.73 Å². The molecule has 4 nitrogen and oxygen atoms in total. The van der Waals surface area contributed by atoms with E-state index in [0.717, 1.165) is 15.0 Å². The number of rotatable bonds is 5. The van der Waals surface area contributed by atoms with E-state index >= 15 is 0 Å². The number of para-hydroxylation sites is 2. The van der Waals surface area contributed by atoms with Gasteiger partial charge in [0.15, 0.2) is 0 Å². The number of halogens is 1. The molecule has 100 valence electrons. The molecule has 1 aromatic carbocycles. The van der Waals surface area contributed by atoms with Gasteiger partial charge in [-0.25, -0.2) is 0 Å². The van der Waals surface area contributed by atoms with E-state index in [1.165, 1.54) is 11.3 Å². The molecule has 0 spiro atoms. The van der Waals surface area contributed by atoms with Crippen LogP contribution in [-0.2, 0) is 4.79 Å². The van der Waals surface area contributed by atoms with Crippen LogP contribution in [-0.4, -0.2) is 13.0 Å². The Morgan fingerprint density at radius 2 is 2.21 bits per heavy atom. The first-order valence-electron chi connectivity index (χ1n) is 5.54. The molecule has 0 saturated heterocycles.